The molecular weight excluding hydrogens is 513 g/mol. The lowest BCUT2D eigenvalue weighted by Crippen LogP contribution is -2.07. The molecule has 0 aliphatic rings. The number of hydrogen-bond donors (Lipinski definition) is 3. The highest BCUT2D eigenvalue weighted by atomic mass is 35.5. The number of nitrogens with zero attached hydrogens (tertiary/aromatic N) is 2. The number of rotatable bonds is 12. The number of hydrogen-bond acceptors (Lipinski definition) is 4. The second-order valence-corrected chi connectivity index (χ2v) is 9.48. The zero-order chi connectivity index (χ0) is 25.8. The number of aromatic nitrogens is 3. The van der Waals surface area contributed by atoms with Crippen LogP contribution in [0.5, 0.6) is 0 Å². The van der Waals surface area contributed by atoms with E-state index in [9.17, 15) is 0 Å². The van der Waals surface area contributed by atoms with Crippen LogP contribution in [0.25, 0.3) is 27.4 Å². The average molecular weight is 559 g/mol. The fraction of sp³-hybridized carbons (Fsp3) is 0.419. The van der Waals surface area contributed by atoms with Crippen molar-refractivity contribution in [3.8, 4) is 0 Å². The quantitative estimate of drug-likeness (QED) is 0.152. The summed E-state index contributed by atoms with van der Waals surface area (Å²) in [7, 11) is 0. The molecule has 0 fully saturated rings. The van der Waals surface area contributed by atoms with Gasteiger partial charge < -0.3 is 16.0 Å². The molecule has 0 spiro atoms. The van der Waals surface area contributed by atoms with Gasteiger partial charge in [0.05, 0.1) is 5.52 Å². The Hall–Kier alpha value is -2.60. The van der Waals surface area contributed by atoms with Gasteiger partial charge in [0.25, 0.3) is 0 Å². The van der Waals surface area contributed by atoms with E-state index < -0.39 is 0 Å². The summed E-state index contributed by atoms with van der Waals surface area (Å²) in [6.07, 6.45) is 12.0. The number of aromatic amines is 1. The van der Waals surface area contributed by atoms with Crippen LogP contribution in [0.1, 0.15) is 82.2 Å². The summed E-state index contributed by atoms with van der Waals surface area (Å²) in [5.74, 6) is 1.53. The minimum atomic E-state index is 0. The molecule has 4 N–H and O–H groups in total. The summed E-state index contributed by atoms with van der Waals surface area (Å²) >= 11 is 0. The van der Waals surface area contributed by atoms with E-state index in [0.29, 0.717) is 5.82 Å². The maximum Gasteiger partial charge on any atom is 0.162 e. The number of nitrogens with one attached hydrogen (secondary N) is 2. The second-order valence-electron chi connectivity index (χ2n) is 9.48. The van der Waals surface area contributed by atoms with Crippen molar-refractivity contribution in [1.29, 1.82) is 0 Å². The highest BCUT2D eigenvalue weighted by Gasteiger charge is 2.14. The minimum absolute atomic E-state index is 0. The van der Waals surface area contributed by atoms with E-state index in [-0.39, 0.29) is 24.8 Å². The number of anilines is 1. The standard InChI is InChI=1S/C25H29N5.C6H14.2ClH/c1-17-11-12-23-20(15-17)25(27-14-8-4-3-7-13-26)30-24(29-23)18(2)21-16-28-22-10-6-5-9-19(21)22;1-3-5-6-4-2;;/h5-6,9-12,15-16,28H,2-4,7-8,13-14,26H2,1H3,(H,27,29,30);3-6H2,1-2H3;2*1H. The van der Waals surface area contributed by atoms with E-state index in [1.165, 1.54) is 44.1 Å². The molecule has 208 valence electrons. The van der Waals surface area contributed by atoms with Gasteiger partial charge in [0.15, 0.2) is 5.82 Å². The first-order valence-electron chi connectivity index (χ1n) is 13.6. The Balaban J connectivity index is 0.000000813. The molecule has 0 aliphatic carbocycles. The van der Waals surface area contributed by atoms with Crippen LogP contribution in [0.4, 0.5) is 5.82 Å². The maximum atomic E-state index is 5.59. The Morgan fingerprint density at radius 1 is 0.895 bits per heavy atom. The summed E-state index contributed by atoms with van der Waals surface area (Å²) in [5, 5.41) is 5.72. The van der Waals surface area contributed by atoms with Gasteiger partial charge in [-0.25, -0.2) is 9.97 Å². The Kier molecular flexibility index (Phi) is 15.7. The number of benzene rings is 2. The second kappa shape index (κ2) is 17.8. The molecule has 0 saturated carbocycles. The first-order chi connectivity index (χ1) is 17.6. The van der Waals surface area contributed by atoms with Crippen LogP contribution in [0.15, 0.2) is 55.2 Å². The lowest BCUT2D eigenvalue weighted by molar-refractivity contribution is 0.661. The van der Waals surface area contributed by atoms with E-state index in [4.69, 9.17) is 15.7 Å². The van der Waals surface area contributed by atoms with Crippen molar-refractivity contribution in [3.05, 3.63) is 72.2 Å². The number of fused-ring (bicyclic) bond motifs is 2. The zero-order valence-electron chi connectivity index (χ0n) is 23.2. The molecule has 2 aromatic heterocycles. The Bertz CT molecular complexity index is 1250. The third kappa shape index (κ3) is 9.30. The molecule has 0 radical (unpaired) electrons. The van der Waals surface area contributed by atoms with Crippen LogP contribution in [-0.2, 0) is 0 Å². The van der Waals surface area contributed by atoms with Crippen LogP contribution in [-0.4, -0.2) is 28.0 Å². The zero-order valence-corrected chi connectivity index (χ0v) is 24.8. The summed E-state index contributed by atoms with van der Waals surface area (Å²) in [6, 6.07) is 14.5. The van der Waals surface area contributed by atoms with Crippen molar-refractivity contribution in [2.75, 3.05) is 18.4 Å². The molecule has 2 aromatic carbocycles. The minimum Gasteiger partial charge on any atom is -0.369 e. The van der Waals surface area contributed by atoms with Gasteiger partial charge in [-0.1, -0.05) is 88.8 Å². The lowest BCUT2D eigenvalue weighted by Gasteiger charge is -2.12. The van der Waals surface area contributed by atoms with Gasteiger partial charge in [0.2, 0.25) is 0 Å². The SMILES string of the molecule is C=C(c1nc(NCCCCCCN)c2cc(C)ccc2n1)c1c[nH]c2ccccc12.CCCCCC.Cl.Cl. The van der Waals surface area contributed by atoms with E-state index in [2.05, 4.69) is 68.0 Å². The van der Waals surface area contributed by atoms with Crippen LogP contribution >= 0.6 is 24.8 Å². The third-order valence-corrected chi connectivity index (χ3v) is 6.42. The van der Waals surface area contributed by atoms with E-state index in [0.717, 1.165) is 64.7 Å². The predicted octanol–water partition coefficient (Wildman–Crippen LogP) is 8.84. The number of nitrogens with two attached hydrogens (primary N) is 1. The van der Waals surface area contributed by atoms with Gasteiger partial charge >= 0.3 is 0 Å². The van der Waals surface area contributed by atoms with Crippen molar-refractivity contribution in [2.24, 2.45) is 5.73 Å². The molecule has 38 heavy (non-hydrogen) atoms. The monoisotopic (exact) mass is 557 g/mol. The summed E-state index contributed by atoms with van der Waals surface area (Å²) in [4.78, 5) is 13.0. The molecule has 4 aromatic rings. The average Bonchev–Trinajstić information content (AvgIpc) is 3.33. The Morgan fingerprint density at radius 2 is 1.61 bits per heavy atom. The van der Waals surface area contributed by atoms with Crippen molar-refractivity contribution >= 4 is 58.0 Å². The van der Waals surface area contributed by atoms with Crippen molar-refractivity contribution in [2.45, 2.75) is 72.1 Å². The van der Waals surface area contributed by atoms with Crippen LogP contribution in [0, 0.1) is 6.92 Å². The van der Waals surface area contributed by atoms with E-state index >= 15 is 0 Å². The van der Waals surface area contributed by atoms with Crippen molar-refractivity contribution in [3.63, 3.8) is 0 Å². The van der Waals surface area contributed by atoms with E-state index in [1.807, 2.05) is 18.3 Å². The highest BCUT2D eigenvalue weighted by Crippen LogP contribution is 2.30. The number of halogens is 2. The van der Waals surface area contributed by atoms with Gasteiger partial charge in [0, 0.05) is 40.2 Å². The Labute approximate surface area is 240 Å². The first-order valence-corrected chi connectivity index (χ1v) is 13.6. The maximum absolute atomic E-state index is 5.59. The van der Waals surface area contributed by atoms with Crippen molar-refractivity contribution < 1.29 is 0 Å². The molecule has 0 bridgehead atoms. The number of aryl methyl sites for hydroxylation is 1. The number of H-pyrrole nitrogens is 1. The van der Waals surface area contributed by atoms with Gasteiger partial charge in [-0.3, -0.25) is 0 Å². The molecule has 0 amide bonds. The van der Waals surface area contributed by atoms with Crippen LogP contribution < -0.4 is 11.1 Å². The molecule has 0 atom stereocenters. The lowest BCUT2D eigenvalue weighted by atomic mass is 10.1. The number of para-hydroxylation sites is 1. The smallest absolute Gasteiger partial charge is 0.162 e. The van der Waals surface area contributed by atoms with Crippen LogP contribution in [0.2, 0.25) is 0 Å². The summed E-state index contributed by atoms with van der Waals surface area (Å²) < 4.78 is 0. The molecular formula is C31H45Cl2N5. The highest BCUT2D eigenvalue weighted by molar-refractivity contribution is 5.97. The molecule has 0 unspecified atom stereocenters. The molecule has 0 saturated heterocycles. The number of unbranched alkanes of at least 4 members (excludes halogenated alkanes) is 6. The molecule has 2 heterocycles. The van der Waals surface area contributed by atoms with Gasteiger partial charge in [-0.15, -0.1) is 24.8 Å². The van der Waals surface area contributed by atoms with Crippen LogP contribution in [0.3, 0.4) is 0 Å². The van der Waals surface area contributed by atoms with Gasteiger partial charge in [0.1, 0.15) is 5.82 Å². The van der Waals surface area contributed by atoms with Gasteiger partial charge in [-0.05, 0) is 44.5 Å². The topological polar surface area (TPSA) is 79.6 Å². The van der Waals surface area contributed by atoms with E-state index in [1.54, 1.807) is 0 Å². The molecule has 7 heteroatoms. The summed E-state index contributed by atoms with van der Waals surface area (Å²) in [6.45, 7) is 12.5. The first kappa shape index (κ1) is 33.4. The molecule has 4 rings (SSSR count). The fourth-order valence-corrected chi connectivity index (χ4v) is 4.28. The normalized spacial score (nSPS) is 10.3. The fourth-order valence-electron chi connectivity index (χ4n) is 4.28. The summed E-state index contributed by atoms with van der Waals surface area (Å²) in [5.41, 5.74) is 10.6. The van der Waals surface area contributed by atoms with Gasteiger partial charge in [-0.2, -0.15) is 0 Å². The largest absolute Gasteiger partial charge is 0.369 e. The predicted molar refractivity (Wildman–Crippen MR) is 171 cm³/mol. The molecule has 0 aliphatic heterocycles. The Morgan fingerprint density at radius 3 is 2.32 bits per heavy atom. The van der Waals surface area contributed by atoms with Crippen molar-refractivity contribution in [1.82, 2.24) is 15.0 Å². The third-order valence-electron chi connectivity index (χ3n) is 6.42. The molecule has 5 nitrogen and oxygen atoms in total.